The molecule has 0 radical (unpaired) electrons. The molecule has 3 fully saturated rings. The number of hydrogen-bond acceptors (Lipinski definition) is 6. The summed E-state index contributed by atoms with van der Waals surface area (Å²) in [6, 6.07) is 6.28. The van der Waals surface area contributed by atoms with E-state index in [0.29, 0.717) is 36.8 Å². The van der Waals surface area contributed by atoms with Crippen molar-refractivity contribution in [2.24, 2.45) is 11.8 Å². The maximum absolute atomic E-state index is 13.0. The number of aliphatic carboxylic acids is 2. The molecule has 0 bridgehead atoms. The number of halogens is 6. The number of rotatable bonds is 5. The Hall–Kier alpha value is -3.56. The van der Waals surface area contributed by atoms with Crippen LogP contribution in [0.15, 0.2) is 24.4 Å². The van der Waals surface area contributed by atoms with E-state index in [9.17, 15) is 31.1 Å². The maximum atomic E-state index is 13.0. The number of ether oxygens (including phenoxy) is 1. The normalized spacial score (nSPS) is 17.6. The van der Waals surface area contributed by atoms with Crippen LogP contribution >= 0.6 is 0 Å². The summed E-state index contributed by atoms with van der Waals surface area (Å²) in [6.07, 6.45) is -3.16. The molecule has 39 heavy (non-hydrogen) atoms. The first-order valence-electron chi connectivity index (χ1n) is 11.9. The number of hydrogen-bond donors (Lipinski definition) is 3. The summed E-state index contributed by atoms with van der Waals surface area (Å²) in [5.74, 6) is -3.32. The van der Waals surface area contributed by atoms with Crippen molar-refractivity contribution in [3.63, 3.8) is 0 Å². The summed E-state index contributed by atoms with van der Waals surface area (Å²) in [4.78, 5) is 37.7. The first kappa shape index (κ1) is 30.0. The van der Waals surface area contributed by atoms with Crippen molar-refractivity contribution in [2.45, 2.75) is 44.1 Å². The van der Waals surface area contributed by atoms with Crippen LogP contribution in [0.3, 0.4) is 0 Å². The van der Waals surface area contributed by atoms with Crippen LogP contribution in [0.25, 0.3) is 5.52 Å². The summed E-state index contributed by atoms with van der Waals surface area (Å²) in [6.45, 7) is 3.02. The van der Waals surface area contributed by atoms with Crippen LogP contribution in [0.4, 0.5) is 32.3 Å². The van der Waals surface area contributed by atoms with Crippen LogP contribution in [0, 0.1) is 11.8 Å². The highest BCUT2D eigenvalue weighted by molar-refractivity contribution is 6.00. The Morgan fingerprint density at radius 1 is 0.923 bits per heavy atom. The number of aromatic nitrogens is 2. The molecule has 3 aliphatic rings. The fourth-order valence-corrected chi connectivity index (χ4v) is 3.93. The van der Waals surface area contributed by atoms with Gasteiger partial charge in [0.05, 0.1) is 18.7 Å². The quantitative estimate of drug-likeness (QED) is 0.468. The first-order chi connectivity index (χ1) is 18.2. The van der Waals surface area contributed by atoms with Crippen LogP contribution in [0.1, 0.15) is 36.2 Å². The number of carbonyl (C=O) groups excluding carboxylic acids is 1. The van der Waals surface area contributed by atoms with Gasteiger partial charge in [-0.05, 0) is 49.7 Å². The van der Waals surface area contributed by atoms with Gasteiger partial charge in [0.1, 0.15) is 0 Å². The predicted octanol–water partition coefficient (Wildman–Crippen LogP) is 3.36. The number of pyridine rings is 1. The van der Waals surface area contributed by atoms with Crippen molar-refractivity contribution in [3.05, 3.63) is 30.1 Å². The fraction of sp³-hybridized carbons (Fsp3) is 0.565. The van der Waals surface area contributed by atoms with Crippen LogP contribution in [0.2, 0.25) is 0 Å². The van der Waals surface area contributed by atoms with Gasteiger partial charge >= 0.3 is 24.3 Å². The Kier molecular flexibility index (Phi) is 9.30. The number of carbonyl (C=O) groups is 3. The molecule has 2 aromatic rings. The van der Waals surface area contributed by atoms with Gasteiger partial charge in [0, 0.05) is 25.3 Å². The number of carboxylic acid groups (broad SMARTS) is 2. The second-order valence-corrected chi connectivity index (χ2v) is 9.10. The average molecular weight is 568 g/mol. The van der Waals surface area contributed by atoms with E-state index in [4.69, 9.17) is 29.5 Å². The van der Waals surface area contributed by atoms with Gasteiger partial charge in [-0.3, -0.25) is 9.20 Å². The first-order valence-corrected chi connectivity index (χ1v) is 11.9. The van der Waals surface area contributed by atoms with Crippen molar-refractivity contribution in [1.82, 2.24) is 14.7 Å². The third kappa shape index (κ3) is 8.46. The van der Waals surface area contributed by atoms with Gasteiger partial charge in [0.15, 0.2) is 5.69 Å². The number of nitrogens with zero attached hydrogens (tertiary/aromatic N) is 3. The lowest BCUT2D eigenvalue weighted by molar-refractivity contribution is -0.193. The molecule has 1 amide bonds. The average Bonchev–Trinajstić information content (AvgIpc) is 3.80. The van der Waals surface area contributed by atoms with Crippen LogP contribution in [-0.4, -0.2) is 82.1 Å². The number of carboxylic acids is 2. The second-order valence-electron chi connectivity index (χ2n) is 9.10. The molecule has 3 heterocycles. The van der Waals surface area contributed by atoms with Gasteiger partial charge in [-0.15, -0.1) is 0 Å². The van der Waals surface area contributed by atoms with E-state index in [1.807, 2.05) is 28.8 Å². The lowest BCUT2D eigenvalue weighted by Gasteiger charge is -2.27. The number of anilines is 1. The van der Waals surface area contributed by atoms with Crippen LogP contribution in [0.5, 0.6) is 0 Å². The van der Waals surface area contributed by atoms with Crippen molar-refractivity contribution in [2.75, 3.05) is 31.2 Å². The van der Waals surface area contributed by atoms with E-state index in [-0.39, 0.29) is 5.91 Å². The Morgan fingerprint density at radius 2 is 1.41 bits per heavy atom. The molecule has 0 spiro atoms. The van der Waals surface area contributed by atoms with Gasteiger partial charge in [0.25, 0.3) is 5.91 Å². The van der Waals surface area contributed by atoms with Gasteiger partial charge in [-0.1, -0.05) is 6.07 Å². The third-order valence-corrected chi connectivity index (χ3v) is 6.08. The molecule has 1 saturated heterocycles. The Labute approximate surface area is 217 Å². The summed E-state index contributed by atoms with van der Waals surface area (Å²) in [5.41, 5.74) is 1.43. The zero-order valence-electron chi connectivity index (χ0n) is 20.3. The molecular weight excluding hydrogens is 542 g/mol. The number of nitrogens with one attached hydrogen (secondary N) is 1. The van der Waals surface area contributed by atoms with E-state index in [0.717, 1.165) is 24.6 Å². The molecule has 16 heteroatoms. The SMILES string of the molecule is O=C(NC(C1CC1)C1CC1)c1nc(N2CCOCC2)n2ccccc12.O=C(O)C(F)(F)F.O=C(O)C(F)(F)F. The largest absolute Gasteiger partial charge is 0.490 e. The second kappa shape index (κ2) is 12.1. The van der Waals surface area contributed by atoms with Gasteiger partial charge in [-0.25, -0.2) is 14.6 Å². The molecular formula is C23H26F6N4O6. The Morgan fingerprint density at radius 3 is 1.85 bits per heavy atom. The van der Waals surface area contributed by atoms with Crippen LogP contribution < -0.4 is 10.2 Å². The van der Waals surface area contributed by atoms with Crippen molar-refractivity contribution < 1.29 is 55.7 Å². The zero-order chi connectivity index (χ0) is 29.0. The van der Waals surface area contributed by atoms with E-state index >= 15 is 0 Å². The molecule has 2 saturated carbocycles. The molecule has 3 N–H and O–H groups in total. The monoisotopic (exact) mass is 568 g/mol. The van der Waals surface area contributed by atoms with Crippen LogP contribution in [-0.2, 0) is 14.3 Å². The highest BCUT2D eigenvalue weighted by Gasteiger charge is 2.43. The minimum absolute atomic E-state index is 0.0213. The summed E-state index contributed by atoms with van der Waals surface area (Å²) in [5, 5.41) is 17.6. The lowest BCUT2D eigenvalue weighted by Crippen LogP contribution is -2.38. The lowest BCUT2D eigenvalue weighted by atomic mass is 10.1. The third-order valence-electron chi connectivity index (χ3n) is 6.08. The number of alkyl halides is 6. The Balaban J connectivity index is 0.000000251. The van der Waals surface area contributed by atoms with E-state index in [2.05, 4.69) is 10.2 Å². The molecule has 0 unspecified atom stereocenters. The molecule has 10 nitrogen and oxygen atoms in total. The minimum atomic E-state index is -5.08. The summed E-state index contributed by atoms with van der Waals surface area (Å²) >= 11 is 0. The van der Waals surface area contributed by atoms with Gasteiger partial charge in [-0.2, -0.15) is 26.3 Å². The standard InChI is InChI=1S/C19H24N4O2.2C2HF3O2/c24-18(20-16(13-4-5-13)14-6-7-14)17-15-3-1-2-8-23(15)19(21-17)22-9-11-25-12-10-22;2*3-2(4,5)1(6)7/h1-3,8,13-14,16H,4-7,9-12H2,(H,20,24);2*(H,6,7). The van der Waals surface area contributed by atoms with E-state index < -0.39 is 24.3 Å². The smallest absolute Gasteiger partial charge is 0.475 e. The predicted molar refractivity (Wildman–Crippen MR) is 122 cm³/mol. The van der Waals surface area contributed by atoms with E-state index in [1.165, 1.54) is 25.7 Å². The highest BCUT2D eigenvalue weighted by atomic mass is 19.4. The molecule has 1 aliphatic heterocycles. The molecule has 0 atom stereocenters. The summed E-state index contributed by atoms with van der Waals surface area (Å²) < 4.78 is 71.0. The van der Waals surface area contributed by atoms with Crippen molar-refractivity contribution in [1.29, 1.82) is 0 Å². The zero-order valence-corrected chi connectivity index (χ0v) is 20.3. The molecule has 2 aliphatic carbocycles. The topological polar surface area (TPSA) is 133 Å². The molecule has 216 valence electrons. The molecule has 2 aromatic heterocycles. The fourth-order valence-electron chi connectivity index (χ4n) is 3.93. The molecule has 0 aromatic carbocycles. The number of amides is 1. The number of morpholine rings is 1. The van der Waals surface area contributed by atoms with Gasteiger partial charge in [0.2, 0.25) is 5.95 Å². The van der Waals surface area contributed by atoms with Crippen molar-refractivity contribution >= 4 is 29.3 Å². The number of imidazole rings is 1. The highest BCUT2D eigenvalue weighted by Crippen LogP contribution is 2.44. The van der Waals surface area contributed by atoms with E-state index in [1.54, 1.807) is 0 Å². The summed E-state index contributed by atoms with van der Waals surface area (Å²) in [7, 11) is 0. The van der Waals surface area contributed by atoms with Crippen molar-refractivity contribution in [3.8, 4) is 0 Å². The molecule has 5 rings (SSSR count). The minimum Gasteiger partial charge on any atom is -0.475 e. The Bertz CT molecular complexity index is 1130. The maximum Gasteiger partial charge on any atom is 0.490 e. The number of fused-ring (bicyclic) bond motifs is 1. The van der Waals surface area contributed by atoms with Gasteiger partial charge < -0.3 is 25.2 Å².